The van der Waals surface area contributed by atoms with Gasteiger partial charge in [0, 0.05) is 12.2 Å². The minimum absolute atomic E-state index is 0.0280. The van der Waals surface area contributed by atoms with E-state index in [1.165, 1.54) is 20.3 Å². The van der Waals surface area contributed by atoms with Crippen molar-refractivity contribution in [1.29, 1.82) is 0 Å². The fraction of sp³-hybridized carbons (Fsp3) is 0.538. The highest BCUT2D eigenvalue weighted by atomic mass is 16.7. The van der Waals surface area contributed by atoms with Crippen molar-refractivity contribution in [3.8, 4) is 23.0 Å². The number of fused-ring (bicyclic) bond motifs is 1. The summed E-state index contributed by atoms with van der Waals surface area (Å²) in [4.78, 5) is 0. The molecule has 0 spiro atoms. The SMILES string of the molecule is COc1cc([C@H]2Oc3c(OC)cc(CCCO)cc3[C@@H]2CO[C@H]2O[C@H](CO)[C@@H](O)[C@H](O)[C@H]2O)ccc1O. The molecule has 0 radical (unpaired) electrons. The first-order valence-corrected chi connectivity index (χ1v) is 12.1. The van der Waals surface area contributed by atoms with E-state index in [0.717, 1.165) is 11.1 Å². The molecule has 7 atom stereocenters. The first-order valence-electron chi connectivity index (χ1n) is 12.1. The van der Waals surface area contributed by atoms with Crippen LogP contribution in [0.2, 0.25) is 0 Å². The third-order valence-corrected chi connectivity index (χ3v) is 6.82. The lowest BCUT2D eigenvalue weighted by molar-refractivity contribution is -0.302. The molecule has 0 aliphatic carbocycles. The Morgan fingerprint density at radius 3 is 2.35 bits per heavy atom. The molecule has 2 heterocycles. The summed E-state index contributed by atoms with van der Waals surface area (Å²) in [6, 6.07) is 8.66. The van der Waals surface area contributed by atoms with Crippen molar-refractivity contribution in [3.63, 3.8) is 0 Å². The molecule has 37 heavy (non-hydrogen) atoms. The molecule has 11 heteroatoms. The number of benzene rings is 2. The van der Waals surface area contributed by atoms with Gasteiger partial charge in [0.05, 0.1) is 33.4 Å². The number of aliphatic hydroxyl groups excluding tert-OH is 5. The van der Waals surface area contributed by atoms with Crippen LogP contribution in [-0.2, 0) is 15.9 Å². The van der Waals surface area contributed by atoms with Gasteiger partial charge in [-0.3, -0.25) is 0 Å². The zero-order valence-electron chi connectivity index (χ0n) is 20.7. The molecule has 0 saturated carbocycles. The van der Waals surface area contributed by atoms with Gasteiger partial charge < -0.3 is 54.3 Å². The van der Waals surface area contributed by atoms with Gasteiger partial charge in [-0.05, 0) is 42.2 Å². The zero-order valence-corrected chi connectivity index (χ0v) is 20.7. The Bertz CT molecular complexity index is 1060. The van der Waals surface area contributed by atoms with E-state index in [1.54, 1.807) is 12.1 Å². The number of aliphatic hydroxyl groups is 5. The highest BCUT2D eigenvalue weighted by molar-refractivity contribution is 5.56. The molecule has 2 aromatic carbocycles. The van der Waals surface area contributed by atoms with Crippen LogP contribution >= 0.6 is 0 Å². The van der Waals surface area contributed by atoms with Crippen molar-refractivity contribution in [3.05, 3.63) is 47.0 Å². The molecule has 204 valence electrons. The van der Waals surface area contributed by atoms with Gasteiger partial charge >= 0.3 is 0 Å². The maximum atomic E-state index is 10.4. The number of phenols is 1. The molecular formula is C26H34O11. The predicted molar refractivity (Wildman–Crippen MR) is 129 cm³/mol. The number of ether oxygens (including phenoxy) is 5. The summed E-state index contributed by atoms with van der Waals surface area (Å²) in [5.74, 6) is 0.812. The van der Waals surface area contributed by atoms with E-state index in [1.807, 2.05) is 12.1 Å². The molecule has 6 N–H and O–H groups in total. The van der Waals surface area contributed by atoms with Crippen molar-refractivity contribution >= 4 is 0 Å². The first kappa shape index (κ1) is 27.4. The highest BCUT2D eigenvalue weighted by Crippen LogP contribution is 2.52. The fourth-order valence-electron chi connectivity index (χ4n) is 4.79. The maximum Gasteiger partial charge on any atom is 0.186 e. The van der Waals surface area contributed by atoms with Crippen LogP contribution in [0.15, 0.2) is 30.3 Å². The van der Waals surface area contributed by atoms with Crippen LogP contribution in [0.25, 0.3) is 0 Å². The van der Waals surface area contributed by atoms with Crippen molar-refractivity contribution in [2.24, 2.45) is 0 Å². The number of rotatable bonds is 10. The molecule has 2 aliphatic heterocycles. The summed E-state index contributed by atoms with van der Waals surface area (Å²) in [7, 11) is 2.98. The minimum atomic E-state index is -1.56. The van der Waals surface area contributed by atoms with E-state index in [2.05, 4.69) is 0 Å². The normalized spacial score (nSPS) is 29.0. The standard InChI is InChI=1S/C26H34O11/c1-33-18-10-14(5-6-17(18)29)24-16(12-35-26-23(32)22(31)21(30)20(11-28)36-26)15-8-13(4-3-7-27)9-19(34-2)25(15)37-24/h5-6,8-10,16,20-24,26-32H,3-4,7,11-12H2,1-2H3/t16-,20+,21+,22-,23+,24+,26-/m0/s1. The topological polar surface area (TPSA) is 168 Å². The predicted octanol–water partition coefficient (Wildman–Crippen LogP) is 0.368. The Labute approximate surface area is 214 Å². The average Bonchev–Trinajstić information content (AvgIpc) is 3.28. The molecule has 4 rings (SSSR count). The van der Waals surface area contributed by atoms with Crippen LogP contribution in [0.1, 0.15) is 35.1 Å². The second-order valence-corrected chi connectivity index (χ2v) is 9.15. The van der Waals surface area contributed by atoms with E-state index in [4.69, 9.17) is 23.7 Å². The van der Waals surface area contributed by atoms with E-state index < -0.39 is 49.3 Å². The second kappa shape index (κ2) is 11.8. The second-order valence-electron chi connectivity index (χ2n) is 9.15. The number of phenolic OH excluding ortho intramolecular Hbond substituents is 1. The van der Waals surface area contributed by atoms with Crippen molar-refractivity contribution in [2.75, 3.05) is 34.0 Å². The first-order chi connectivity index (χ1) is 17.8. The molecule has 0 amide bonds. The Hall–Kier alpha value is -2.64. The summed E-state index contributed by atoms with van der Waals surface area (Å²) < 4.78 is 28.6. The van der Waals surface area contributed by atoms with Gasteiger partial charge in [0.2, 0.25) is 0 Å². The Morgan fingerprint density at radius 1 is 0.919 bits per heavy atom. The lowest BCUT2D eigenvalue weighted by atomic mass is 9.90. The molecule has 2 aromatic rings. The third-order valence-electron chi connectivity index (χ3n) is 6.82. The number of aryl methyl sites for hydroxylation is 1. The van der Waals surface area contributed by atoms with Crippen LogP contribution in [0, 0.1) is 0 Å². The van der Waals surface area contributed by atoms with E-state index in [9.17, 15) is 30.6 Å². The smallest absolute Gasteiger partial charge is 0.186 e. The van der Waals surface area contributed by atoms with Gasteiger partial charge in [-0.2, -0.15) is 0 Å². The van der Waals surface area contributed by atoms with Gasteiger partial charge in [0.15, 0.2) is 29.3 Å². The Kier molecular flexibility index (Phi) is 8.75. The van der Waals surface area contributed by atoms with Gasteiger partial charge in [-0.1, -0.05) is 12.1 Å². The molecule has 11 nitrogen and oxygen atoms in total. The van der Waals surface area contributed by atoms with Crippen molar-refractivity contribution in [1.82, 2.24) is 0 Å². The number of aromatic hydroxyl groups is 1. The van der Waals surface area contributed by atoms with Crippen LogP contribution in [-0.4, -0.2) is 95.4 Å². The van der Waals surface area contributed by atoms with Gasteiger partial charge in [-0.25, -0.2) is 0 Å². The Balaban J connectivity index is 1.68. The molecule has 0 aromatic heterocycles. The fourth-order valence-corrected chi connectivity index (χ4v) is 4.79. The van der Waals surface area contributed by atoms with E-state index in [-0.39, 0.29) is 24.7 Å². The summed E-state index contributed by atoms with van der Waals surface area (Å²) in [6.07, 6.45) is -6.44. The molecule has 1 fully saturated rings. The van der Waals surface area contributed by atoms with Gasteiger partial charge in [0.25, 0.3) is 0 Å². The summed E-state index contributed by atoms with van der Waals surface area (Å²) >= 11 is 0. The maximum absolute atomic E-state index is 10.4. The lowest BCUT2D eigenvalue weighted by Crippen LogP contribution is -2.59. The van der Waals surface area contributed by atoms with E-state index in [0.29, 0.717) is 29.9 Å². The molecular weight excluding hydrogens is 488 g/mol. The van der Waals surface area contributed by atoms with Crippen LogP contribution in [0.5, 0.6) is 23.0 Å². The van der Waals surface area contributed by atoms with Gasteiger partial charge in [-0.15, -0.1) is 0 Å². The number of hydrogen-bond donors (Lipinski definition) is 6. The van der Waals surface area contributed by atoms with Crippen molar-refractivity contribution in [2.45, 2.75) is 55.6 Å². The number of hydrogen-bond acceptors (Lipinski definition) is 11. The average molecular weight is 523 g/mol. The molecule has 0 unspecified atom stereocenters. The lowest BCUT2D eigenvalue weighted by Gasteiger charge is -2.40. The van der Waals surface area contributed by atoms with E-state index >= 15 is 0 Å². The third kappa shape index (κ3) is 5.48. The largest absolute Gasteiger partial charge is 0.504 e. The van der Waals surface area contributed by atoms with Crippen LogP contribution in [0.4, 0.5) is 0 Å². The molecule has 1 saturated heterocycles. The number of methoxy groups -OCH3 is 2. The molecule has 2 aliphatic rings. The quantitative estimate of drug-likeness (QED) is 0.255. The zero-order chi connectivity index (χ0) is 26.7. The summed E-state index contributed by atoms with van der Waals surface area (Å²) in [5.41, 5.74) is 2.39. The highest BCUT2D eigenvalue weighted by Gasteiger charge is 2.45. The molecule has 0 bridgehead atoms. The van der Waals surface area contributed by atoms with Crippen LogP contribution < -0.4 is 14.2 Å². The summed E-state index contributed by atoms with van der Waals surface area (Å²) in [6.45, 7) is -0.562. The van der Waals surface area contributed by atoms with Crippen LogP contribution in [0.3, 0.4) is 0 Å². The van der Waals surface area contributed by atoms with Crippen molar-refractivity contribution < 1.29 is 54.3 Å². The monoisotopic (exact) mass is 522 g/mol. The minimum Gasteiger partial charge on any atom is -0.504 e. The van der Waals surface area contributed by atoms with Gasteiger partial charge in [0.1, 0.15) is 30.5 Å². The summed E-state index contributed by atoms with van der Waals surface area (Å²) in [5, 5.41) is 59.5. The Morgan fingerprint density at radius 2 is 1.68 bits per heavy atom.